The van der Waals surface area contributed by atoms with E-state index < -0.39 is 71.2 Å². The third-order valence-electron chi connectivity index (χ3n) is 20.2. The number of carbonyl (C=O) groups is 3. The van der Waals surface area contributed by atoms with Crippen molar-refractivity contribution in [3.05, 3.63) is 162 Å². The minimum absolute atomic E-state index is 0.0634. The fourth-order valence-corrected chi connectivity index (χ4v) is 16.2. The van der Waals surface area contributed by atoms with Crippen molar-refractivity contribution < 1.29 is 71.8 Å². The van der Waals surface area contributed by atoms with Gasteiger partial charge in [0.25, 0.3) is 31.9 Å². The number of pyridine rings is 4. The summed E-state index contributed by atoms with van der Waals surface area (Å²) in [4.78, 5) is 65.7. The molecule has 0 unspecified atom stereocenters. The predicted octanol–water partition coefficient (Wildman–Crippen LogP) is 14.9. The van der Waals surface area contributed by atoms with Crippen LogP contribution in [0.2, 0.25) is 5.15 Å². The van der Waals surface area contributed by atoms with Crippen molar-refractivity contribution in [1.29, 1.82) is 0 Å². The zero-order valence-electron chi connectivity index (χ0n) is 60.7. The summed E-state index contributed by atoms with van der Waals surface area (Å²) < 4.78 is 158. The normalized spacial score (nSPS) is 19.1. The van der Waals surface area contributed by atoms with Gasteiger partial charge in [0.15, 0.2) is 21.7 Å². The number of amides is 3. The maximum atomic E-state index is 13.8. The lowest BCUT2D eigenvalue weighted by molar-refractivity contribution is -0.190. The van der Waals surface area contributed by atoms with Crippen LogP contribution in [0.5, 0.6) is 11.8 Å². The van der Waals surface area contributed by atoms with Crippen LogP contribution in [0.3, 0.4) is 0 Å². The van der Waals surface area contributed by atoms with Gasteiger partial charge in [0.2, 0.25) is 11.8 Å². The molecule has 2 atom stereocenters. The molecule has 24 nitrogen and oxygen atoms in total. The summed E-state index contributed by atoms with van der Waals surface area (Å²) in [5, 5.41) is 7.54. The van der Waals surface area contributed by atoms with Crippen LogP contribution < -0.4 is 33.6 Å². The number of likely N-dealkylation sites (tertiary alicyclic amines) is 1. The molecule has 9 heterocycles. The molecule has 5 aliphatic rings. The minimum atomic E-state index is -4.50. The Morgan fingerprint density at radius 3 is 1.90 bits per heavy atom. The van der Waals surface area contributed by atoms with E-state index in [1.54, 1.807) is 41.4 Å². The largest absolute Gasteiger partial charge is 0.477 e. The van der Waals surface area contributed by atoms with E-state index in [0.29, 0.717) is 55.9 Å². The highest BCUT2D eigenvalue weighted by atomic mass is 35.5. The standard InChI is InChI=1S/C40H47ClF3N7O6S.C35H38F3N7O4S/c1-37(2,3)57-36(53)50-26-27(25-38(50,4)5)11-10-22-49(28-12-7-6-8-13-28)30-14-9-15-33(45-30)58(54,55)48-35(52)29-16-17-31(46-34(29)41)51-23-18-32(47-51)56-24-21-39(19-20-39)40(42,43)44;1-33(2)22-24-8-7-19-43(25-9-4-3-5-10-25)27-11-6-12-30(39-27)50(47,48)42-32(46)26-13-14-28(40-31(26)44(33)23-24)45-20-15-29(41-45)49-21-18-34(16-17-34)35(36,37)38/h6-9,12-18,23,27H,10-11,19-22,24-26H2,1-5H3,(H,48,52);3-6,9-15,20,24H,7-8,16-19,21-23H2,1-2H3,(H,42,46)/t27-;24-/m00/s1. The number of nitrogens with one attached hydrogen (secondary N) is 2. The summed E-state index contributed by atoms with van der Waals surface area (Å²) in [6.45, 7) is 15.7. The van der Waals surface area contributed by atoms with Crippen molar-refractivity contribution in [1.82, 2.24) is 53.8 Å². The number of alkyl halides is 6. The first-order valence-corrected chi connectivity index (χ1v) is 39.0. The monoisotopic (exact) mass is 1550 g/mol. The number of carbonyl (C=O) groups excluding carboxylic acids is 3. The average Bonchev–Trinajstić information content (AvgIpc) is 1.70. The Bertz CT molecular complexity index is 4830. The smallest absolute Gasteiger partial charge is 0.410 e. The van der Waals surface area contributed by atoms with E-state index >= 15 is 0 Å². The molecule has 13 rings (SSSR count). The number of sulfonamides is 2. The number of hydrogen-bond donors (Lipinski definition) is 2. The molecule has 2 aromatic carbocycles. The number of halogens is 7. The molecular weight excluding hydrogens is 1470 g/mol. The van der Waals surface area contributed by atoms with Gasteiger partial charge in [-0.25, -0.2) is 43.5 Å². The zero-order chi connectivity index (χ0) is 77.4. The van der Waals surface area contributed by atoms with Gasteiger partial charge < -0.3 is 33.8 Å². The van der Waals surface area contributed by atoms with E-state index in [4.69, 9.17) is 30.8 Å². The lowest BCUT2D eigenvalue weighted by atomic mass is 9.93. The Labute approximate surface area is 627 Å². The second-order valence-corrected chi connectivity index (χ2v) is 33.9. The Morgan fingerprint density at radius 2 is 1.30 bits per heavy atom. The lowest BCUT2D eigenvalue weighted by Crippen LogP contribution is -2.45. The Hall–Kier alpha value is -9.56. The number of anilines is 5. The molecule has 6 aromatic heterocycles. The SMILES string of the molecule is CC(C)(C)OC(=O)N1C[C@@H](CCCN(c2ccccc2)c2cccc(S(=O)(=O)NC(=O)c3ccc(-n4ccc(OCCC5(C(F)(F)F)CC5)n4)nc3Cl)n2)CC1(C)C.CC1(C)C[C@@H]2CCCN(c3ccccc3)c3cccc(n3)S(=O)(=O)NC(=O)c3ccc(-n4ccc(OCCC5(C(F)(F)F)CC5)n4)nc3N1C2. The first kappa shape index (κ1) is 78.0. The van der Waals surface area contributed by atoms with Crippen LogP contribution in [0.4, 0.5) is 60.0 Å². The van der Waals surface area contributed by atoms with E-state index in [9.17, 15) is 57.6 Å². The van der Waals surface area contributed by atoms with Gasteiger partial charge in [-0.3, -0.25) is 9.59 Å². The molecule has 8 aromatic rings. The summed E-state index contributed by atoms with van der Waals surface area (Å²) in [5.74, 6) is 0.392. The number of aromatic nitrogens is 8. The minimum Gasteiger partial charge on any atom is -0.477 e. The number of benzene rings is 2. The van der Waals surface area contributed by atoms with Crippen LogP contribution in [0.15, 0.2) is 156 Å². The molecule has 4 fully saturated rings. The molecule has 0 spiro atoms. The fourth-order valence-electron chi connectivity index (χ4n) is 14.1. The Morgan fingerprint density at radius 1 is 0.694 bits per heavy atom. The van der Waals surface area contributed by atoms with Gasteiger partial charge in [-0.1, -0.05) is 60.1 Å². The first-order valence-electron chi connectivity index (χ1n) is 35.6. The molecule has 108 heavy (non-hydrogen) atoms. The van der Waals surface area contributed by atoms with Crippen LogP contribution in [0.25, 0.3) is 11.6 Å². The lowest BCUT2D eigenvalue weighted by Gasteiger charge is -2.34. The Balaban J connectivity index is 0.000000204. The van der Waals surface area contributed by atoms with Crippen molar-refractivity contribution in [3.63, 3.8) is 0 Å². The molecule has 576 valence electrons. The van der Waals surface area contributed by atoms with Crippen molar-refractivity contribution in [3.8, 4) is 23.4 Å². The van der Waals surface area contributed by atoms with Gasteiger partial charge in [-0.05, 0) is 210 Å². The summed E-state index contributed by atoms with van der Waals surface area (Å²) in [5.41, 5.74) is -3.27. The molecular formula is C75H85ClF6N14O10S2. The number of nitrogens with zero attached hydrogens (tertiary/aromatic N) is 12. The van der Waals surface area contributed by atoms with Crippen molar-refractivity contribution in [2.24, 2.45) is 22.7 Å². The van der Waals surface area contributed by atoms with Crippen LogP contribution in [0.1, 0.15) is 146 Å². The summed E-state index contributed by atoms with van der Waals surface area (Å²) >= 11 is 6.34. The maximum Gasteiger partial charge on any atom is 0.410 e. The summed E-state index contributed by atoms with van der Waals surface area (Å²) in [6, 6.07) is 37.0. The fraction of sp³-hybridized carbons (Fsp3) is 0.453. The molecule has 0 radical (unpaired) electrons. The number of hydrogen-bond acceptors (Lipinski definition) is 19. The highest BCUT2D eigenvalue weighted by molar-refractivity contribution is 7.90. The van der Waals surface area contributed by atoms with E-state index in [1.807, 2.05) is 115 Å². The summed E-state index contributed by atoms with van der Waals surface area (Å²) in [7, 11) is -8.89. The maximum absolute atomic E-state index is 13.8. The quantitative estimate of drug-likeness (QED) is 0.0530. The van der Waals surface area contributed by atoms with Crippen molar-refractivity contribution in [2.45, 2.75) is 165 Å². The van der Waals surface area contributed by atoms with E-state index in [1.165, 1.54) is 58.0 Å². The summed E-state index contributed by atoms with van der Waals surface area (Å²) in [6.07, 6.45) is -0.982. The van der Waals surface area contributed by atoms with Gasteiger partial charge >= 0.3 is 18.4 Å². The molecule has 3 aliphatic heterocycles. The molecule has 2 aliphatic carbocycles. The highest BCUT2D eigenvalue weighted by Gasteiger charge is 2.63. The average molecular weight is 1560 g/mol. The molecule has 4 bridgehead atoms. The first-order chi connectivity index (χ1) is 50.9. The molecule has 2 saturated carbocycles. The van der Waals surface area contributed by atoms with E-state index in [0.717, 1.165) is 43.5 Å². The van der Waals surface area contributed by atoms with Gasteiger partial charge in [0.1, 0.15) is 28.2 Å². The number of fused-ring (bicyclic) bond motifs is 6. The second-order valence-electron chi connectivity index (χ2n) is 30.3. The highest BCUT2D eigenvalue weighted by Crippen LogP contribution is 2.61. The predicted molar refractivity (Wildman–Crippen MR) is 391 cm³/mol. The van der Waals surface area contributed by atoms with Crippen molar-refractivity contribution >= 4 is 78.4 Å². The van der Waals surface area contributed by atoms with Crippen LogP contribution >= 0.6 is 11.6 Å². The molecule has 3 amide bonds. The van der Waals surface area contributed by atoms with Gasteiger partial charge in [0, 0.05) is 73.2 Å². The molecule has 2 N–H and O–H groups in total. The van der Waals surface area contributed by atoms with Crippen LogP contribution in [-0.2, 0) is 24.8 Å². The topological polar surface area (TPSA) is 271 Å². The van der Waals surface area contributed by atoms with E-state index in [-0.39, 0.29) is 114 Å². The molecule has 33 heteroatoms. The number of ether oxygens (including phenoxy) is 3. The van der Waals surface area contributed by atoms with Crippen LogP contribution in [0, 0.1) is 22.7 Å². The number of para-hydroxylation sites is 2. The third kappa shape index (κ3) is 17.9. The second kappa shape index (κ2) is 30.5. The van der Waals surface area contributed by atoms with Crippen molar-refractivity contribution in [2.75, 3.05) is 54.1 Å². The third-order valence-corrected chi connectivity index (χ3v) is 23.0. The van der Waals surface area contributed by atoms with E-state index in [2.05, 4.69) is 43.7 Å². The molecule has 2 saturated heterocycles. The Kier molecular flexibility index (Phi) is 22.0. The van der Waals surface area contributed by atoms with Gasteiger partial charge in [-0.15, -0.1) is 10.2 Å². The van der Waals surface area contributed by atoms with Crippen LogP contribution in [-0.4, -0.2) is 148 Å². The number of rotatable bonds is 20. The van der Waals surface area contributed by atoms with Gasteiger partial charge in [0.05, 0.1) is 35.2 Å². The van der Waals surface area contributed by atoms with Gasteiger partial charge in [-0.2, -0.15) is 43.2 Å². The zero-order valence-corrected chi connectivity index (χ0v) is 63.0.